The van der Waals surface area contributed by atoms with Crippen molar-refractivity contribution in [2.24, 2.45) is 23.3 Å². The van der Waals surface area contributed by atoms with E-state index in [0.29, 0.717) is 13.1 Å². The number of esters is 2. The van der Waals surface area contributed by atoms with Gasteiger partial charge in [0.1, 0.15) is 23.3 Å². The van der Waals surface area contributed by atoms with Gasteiger partial charge in [-0.3, -0.25) is 9.59 Å². The van der Waals surface area contributed by atoms with E-state index in [9.17, 15) is 9.59 Å². The zero-order valence-corrected chi connectivity index (χ0v) is 16.0. The summed E-state index contributed by atoms with van der Waals surface area (Å²) in [4.78, 5) is 26.6. The number of likely N-dealkylation sites (tertiary alicyclic amines) is 1. The Labute approximate surface area is 145 Å². The third-order valence-electron chi connectivity index (χ3n) is 3.88. The van der Waals surface area contributed by atoms with Crippen LogP contribution >= 0.6 is 0 Å². The lowest BCUT2D eigenvalue weighted by Crippen LogP contribution is -2.51. The average Bonchev–Trinajstić information content (AvgIpc) is 2.74. The molecule has 0 aliphatic carbocycles. The molecule has 0 amide bonds. The first-order valence-corrected chi connectivity index (χ1v) is 8.36. The van der Waals surface area contributed by atoms with E-state index in [0.717, 1.165) is 0 Å². The van der Waals surface area contributed by atoms with Gasteiger partial charge in [-0.1, -0.05) is 0 Å². The van der Waals surface area contributed by atoms with Gasteiger partial charge in [-0.05, 0) is 48.6 Å². The fourth-order valence-corrected chi connectivity index (χ4v) is 2.91. The van der Waals surface area contributed by atoms with Crippen LogP contribution < -0.4 is 11.5 Å². The molecule has 140 valence electrons. The molecule has 1 fully saturated rings. The van der Waals surface area contributed by atoms with E-state index in [2.05, 4.69) is 0 Å². The molecule has 4 atom stereocenters. The lowest BCUT2D eigenvalue weighted by molar-refractivity contribution is -0.161. The second-order valence-corrected chi connectivity index (χ2v) is 8.67. The van der Waals surface area contributed by atoms with Crippen molar-refractivity contribution in [3.05, 3.63) is 0 Å². The zero-order valence-electron chi connectivity index (χ0n) is 16.0. The van der Waals surface area contributed by atoms with Crippen molar-refractivity contribution in [3.63, 3.8) is 0 Å². The van der Waals surface area contributed by atoms with E-state index >= 15 is 0 Å². The van der Waals surface area contributed by atoms with Gasteiger partial charge in [0.25, 0.3) is 0 Å². The highest BCUT2D eigenvalue weighted by Gasteiger charge is 2.45. The largest absolute Gasteiger partial charge is 0.459 e. The number of nitrogens with zero attached hydrogens (tertiary/aromatic N) is 1. The highest BCUT2D eigenvalue weighted by molar-refractivity contribution is 5.78. The van der Waals surface area contributed by atoms with Crippen LogP contribution in [0.5, 0.6) is 0 Å². The molecule has 4 N–H and O–H groups in total. The number of hydrogen-bond donors (Lipinski definition) is 2. The van der Waals surface area contributed by atoms with E-state index < -0.39 is 35.2 Å². The second kappa shape index (κ2) is 7.37. The fraction of sp³-hybridized carbons (Fsp3) is 0.882. The Morgan fingerprint density at radius 1 is 0.875 bits per heavy atom. The maximum Gasteiger partial charge on any atom is 0.323 e. The topological polar surface area (TPSA) is 108 Å². The quantitative estimate of drug-likeness (QED) is 0.716. The lowest BCUT2D eigenvalue weighted by Gasteiger charge is -2.30. The molecule has 0 aromatic carbocycles. The smallest absolute Gasteiger partial charge is 0.323 e. The number of rotatable bonds is 4. The molecular formula is C17H33N3O4. The Kier molecular flexibility index (Phi) is 6.41. The molecule has 0 aromatic heterocycles. The minimum atomic E-state index is -0.826. The van der Waals surface area contributed by atoms with Gasteiger partial charge in [0, 0.05) is 24.9 Å². The summed E-state index contributed by atoms with van der Waals surface area (Å²) in [5.41, 5.74) is 11.1. The molecule has 0 radical (unpaired) electrons. The van der Waals surface area contributed by atoms with E-state index in [1.807, 2.05) is 11.9 Å². The molecule has 2 unspecified atom stereocenters. The van der Waals surface area contributed by atoms with Crippen molar-refractivity contribution in [1.82, 2.24) is 4.90 Å². The molecule has 1 aliphatic rings. The third kappa shape index (κ3) is 6.03. The van der Waals surface area contributed by atoms with Crippen LogP contribution in [0.25, 0.3) is 0 Å². The van der Waals surface area contributed by atoms with Crippen molar-refractivity contribution in [2.75, 3.05) is 20.1 Å². The first-order valence-electron chi connectivity index (χ1n) is 8.36. The number of nitrogens with two attached hydrogens (primary N) is 2. The van der Waals surface area contributed by atoms with Crippen LogP contribution in [0.4, 0.5) is 0 Å². The second-order valence-electron chi connectivity index (χ2n) is 8.67. The highest BCUT2D eigenvalue weighted by Crippen LogP contribution is 2.29. The van der Waals surface area contributed by atoms with Crippen LogP contribution in [-0.4, -0.2) is 60.3 Å². The molecule has 0 bridgehead atoms. The third-order valence-corrected chi connectivity index (χ3v) is 3.88. The Balaban J connectivity index is 2.85. The first kappa shape index (κ1) is 20.9. The molecule has 7 heteroatoms. The Morgan fingerprint density at radius 3 is 1.42 bits per heavy atom. The van der Waals surface area contributed by atoms with Crippen molar-refractivity contribution in [1.29, 1.82) is 0 Å². The summed E-state index contributed by atoms with van der Waals surface area (Å²) in [5, 5.41) is 0. The summed E-state index contributed by atoms with van der Waals surface area (Å²) >= 11 is 0. The molecule has 0 aromatic rings. The minimum absolute atomic E-state index is 0.257. The van der Waals surface area contributed by atoms with Gasteiger partial charge < -0.3 is 25.8 Å². The molecule has 1 rings (SSSR count). The highest BCUT2D eigenvalue weighted by atomic mass is 16.6. The minimum Gasteiger partial charge on any atom is -0.459 e. The molecule has 1 aliphatic heterocycles. The molecule has 1 saturated heterocycles. The van der Waals surface area contributed by atoms with Gasteiger partial charge in [0.05, 0.1) is 0 Å². The van der Waals surface area contributed by atoms with Gasteiger partial charge in [0.2, 0.25) is 0 Å². The summed E-state index contributed by atoms with van der Waals surface area (Å²) in [6.07, 6.45) is 0. The molecule has 0 spiro atoms. The standard InChI is InChI=1S/C17H33N3O4/c1-16(2,3)23-14(21)12(18)10-8-20(7)9-11(10)13(19)15(22)24-17(4,5)6/h10-13H,8-9,18-19H2,1-7H3/t10-,11-,12?,13?/m0/s1. The summed E-state index contributed by atoms with van der Waals surface area (Å²) in [7, 11) is 1.91. The van der Waals surface area contributed by atoms with Gasteiger partial charge in [-0.15, -0.1) is 0 Å². The van der Waals surface area contributed by atoms with Gasteiger partial charge in [-0.2, -0.15) is 0 Å². The van der Waals surface area contributed by atoms with Crippen LogP contribution in [0.3, 0.4) is 0 Å². The van der Waals surface area contributed by atoms with Crippen LogP contribution in [0, 0.1) is 11.8 Å². The van der Waals surface area contributed by atoms with Crippen molar-refractivity contribution in [2.45, 2.75) is 64.8 Å². The van der Waals surface area contributed by atoms with Gasteiger partial charge in [-0.25, -0.2) is 0 Å². The number of carbonyl (C=O) groups is 2. The normalized spacial score (nSPS) is 25.2. The first-order chi connectivity index (χ1) is 10.7. The maximum atomic E-state index is 12.3. The molecular weight excluding hydrogens is 310 g/mol. The monoisotopic (exact) mass is 343 g/mol. The SMILES string of the molecule is CN1C[C@H](C(N)C(=O)OC(C)(C)C)[C@@H](C(N)C(=O)OC(C)(C)C)C1. The summed E-state index contributed by atoms with van der Waals surface area (Å²) in [6, 6.07) is -1.65. The van der Waals surface area contributed by atoms with E-state index in [1.54, 1.807) is 41.5 Å². The van der Waals surface area contributed by atoms with E-state index in [-0.39, 0.29) is 11.8 Å². The Hall–Kier alpha value is -1.18. The number of carbonyl (C=O) groups excluding carboxylic acids is 2. The molecule has 24 heavy (non-hydrogen) atoms. The van der Waals surface area contributed by atoms with Crippen LogP contribution in [0.2, 0.25) is 0 Å². The van der Waals surface area contributed by atoms with Gasteiger partial charge >= 0.3 is 11.9 Å². The predicted octanol–water partition coefficient (Wildman–Crippen LogP) is 0.502. The predicted molar refractivity (Wildman–Crippen MR) is 92.1 cm³/mol. The van der Waals surface area contributed by atoms with E-state index in [1.165, 1.54) is 0 Å². The summed E-state index contributed by atoms with van der Waals surface area (Å²) in [5.74, 6) is -1.45. The van der Waals surface area contributed by atoms with E-state index in [4.69, 9.17) is 20.9 Å². The summed E-state index contributed by atoms with van der Waals surface area (Å²) < 4.78 is 10.8. The Bertz CT molecular complexity index is 425. The van der Waals surface area contributed by atoms with Crippen molar-refractivity contribution in [3.8, 4) is 0 Å². The Morgan fingerprint density at radius 2 is 1.17 bits per heavy atom. The van der Waals surface area contributed by atoms with Crippen LogP contribution in [0.15, 0.2) is 0 Å². The summed E-state index contributed by atoms with van der Waals surface area (Å²) in [6.45, 7) is 11.9. The zero-order chi connectivity index (χ0) is 18.9. The van der Waals surface area contributed by atoms with Crippen LogP contribution in [0.1, 0.15) is 41.5 Å². The molecule has 0 saturated carbocycles. The maximum absolute atomic E-state index is 12.3. The number of hydrogen-bond acceptors (Lipinski definition) is 7. The van der Waals surface area contributed by atoms with Crippen molar-refractivity contribution >= 4 is 11.9 Å². The van der Waals surface area contributed by atoms with Crippen molar-refractivity contribution < 1.29 is 19.1 Å². The number of ether oxygens (including phenoxy) is 2. The fourth-order valence-electron chi connectivity index (χ4n) is 2.91. The van der Waals surface area contributed by atoms with Gasteiger partial charge in [0.15, 0.2) is 0 Å². The lowest BCUT2D eigenvalue weighted by atomic mass is 9.84. The average molecular weight is 343 g/mol. The van der Waals surface area contributed by atoms with Crippen LogP contribution in [-0.2, 0) is 19.1 Å². The molecule has 7 nitrogen and oxygen atoms in total. The molecule has 1 heterocycles.